The monoisotopic (exact) mass is 224 g/mol. The van der Waals surface area contributed by atoms with E-state index in [1.165, 1.54) is 5.56 Å². The van der Waals surface area contributed by atoms with Gasteiger partial charge in [-0.1, -0.05) is 6.07 Å². The van der Waals surface area contributed by atoms with E-state index in [1.54, 1.807) is 0 Å². The van der Waals surface area contributed by atoms with Crippen molar-refractivity contribution in [3.05, 3.63) is 29.6 Å². The Bertz CT molecular complexity index is 292. The molecule has 0 unspecified atom stereocenters. The minimum atomic E-state index is 0.0978. The number of hydrogen-bond donors (Lipinski definition) is 2. The standard InChI is InChI=1S/C12H20N2O2/c1-11-4-2-6-14-12(11)10-13-5-3-8-16-9-7-15/h2,4,6,13,15H,3,5,7-10H2,1H3. The highest BCUT2D eigenvalue weighted by molar-refractivity contribution is 5.17. The molecular formula is C12H20N2O2. The summed E-state index contributed by atoms with van der Waals surface area (Å²) in [7, 11) is 0. The molecule has 0 atom stereocenters. The summed E-state index contributed by atoms with van der Waals surface area (Å²) < 4.78 is 5.15. The van der Waals surface area contributed by atoms with Crippen LogP contribution in [0.3, 0.4) is 0 Å². The lowest BCUT2D eigenvalue weighted by Crippen LogP contribution is -2.18. The zero-order valence-corrected chi connectivity index (χ0v) is 9.78. The van der Waals surface area contributed by atoms with Crippen LogP contribution in [0.4, 0.5) is 0 Å². The largest absolute Gasteiger partial charge is 0.394 e. The molecule has 0 saturated carbocycles. The number of aryl methyl sites for hydroxylation is 1. The van der Waals surface area contributed by atoms with Crippen LogP contribution in [0.2, 0.25) is 0 Å². The number of ether oxygens (including phenoxy) is 1. The molecule has 4 heteroatoms. The Kier molecular flexibility index (Phi) is 6.72. The first kappa shape index (κ1) is 13.1. The van der Waals surface area contributed by atoms with Crippen LogP contribution < -0.4 is 5.32 Å². The van der Waals surface area contributed by atoms with E-state index in [2.05, 4.69) is 23.3 Å². The van der Waals surface area contributed by atoms with Gasteiger partial charge in [0.05, 0.1) is 18.9 Å². The summed E-state index contributed by atoms with van der Waals surface area (Å²) in [5.74, 6) is 0. The van der Waals surface area contributed by atoms with Crippen molar-refractivity contribution in [2.24, 2.45) is 0 Å². The van der Waals surface area contributed by atoms with Crippen molar-refractivity contribution in [3.63, 3.8) is 0 Å². The van der Waals surface area contributed by atoms with Gasteiger partial charge in [-0.2, -0.15) is 0 Å². The predicted octanol–water partition coefficient (Wildman–Crippen LogP) is 0.879. The van der Waals surface area contributed by atoms with E-state index >= 15 is 0 Å². The molecule has 0 bridgehead atoms. The van der Waals surface area contributed by atoms with Crippen LogP contribution in [0, 0.1) is 6.92 Å². The first-order chi connectivity index (χ1) is 7.84. The van der Waals surface area contributed by atoms with Crippen molar-refractivity contribution >= 4 is 0 Å². The molecule has 2 N–H and O–H groups in total. The Labute approximate surface area is 96.7 Å². The average molecular weight is 224 g/mol. The Hall–Kier alpha value is -0.970. The molecule has 0 spiro atoms. The fraction of sp³-hybridized carbons (Fsp3) is 0.583. The third-order valence-corrected chi connectivity index (χ3v) is 2.29. The summed E-state index contributed by atoms with van der Waals surface area (Å²) in [6.45, 7) is 4.98. The van der Waals surface area contributed by atoms with E-state index in [0.717, 1.165) is 25.2 Å². The van der Waals surface area contributed by atoms with Gasteiger partial charge in [-0.15, -0.1) is 0 Å². The van der Waals surface area contributed by atoms with Crippen molar-refractivity contribution < 1.29 is 9.84 Å². The van der Waals surface area contributed by atoms with Gasteiger partial charge >= 0.3 is 0 Å². The second-order valence-electron chi connectivity index (χ2n) is 3.63. The molecule has 0 fully saturated rings. The first-order valence-corrected chi connectivity index (χ1v) is 5.64. The molecule has 1 rings (SSSR count). The molecule has 0 radical (unpaired) electrons. The molecule has 1 heterocycles. The highest BCUT2D eigenvalue weighted by atomic mass is 16.5. The molecular weight excluding hydrogens is 204 g/mol. The molecule has 4 nitrogen and oxygen atoms in total. The van der Waals surface area contributed by atoms with Gasteiger partial charge in [0.1, 0.15) is 0 Å². The highest BCUT2D eigenvalue weighted by Gasteiger charge is 1.97. The van der Waals surface area contributed by atoms with E-state index < -0.39 is 0 Å². The molecule has 1 aromatic heterocycles. The maximum absolute atomic E-state index is 8.50. The topological polar surface area (TPSA) is 54.4 Å². The van der Waals surface area contributed by atoms with Crippen molar-refractivity contribution in [2.45, 2.75) is 19.9 Å². The zero-order chi connectivity index (χ0) is 11.6. The lowest BCUT2D eigenvalue weighted by molar-refractivity contribution is 0.0907. The Morgan fingerprint density at radius 1 is 1.44 bits per heavy atom. The number of nitrogens with one attached hydrogen (secondary N) is 1. The van der Waals surface area contributed by atoms with E-state index in [1.807, 2.05) is 12.3 Å². The van der Waals surface area contributed by atoms with Crippen LogP contribution in [-0.2, 0) is 11.3 Å². The summed E-state index contributed by atoms with van der Waals surface area (Å²) in [4.78, 5) is 4.30. The molecule has 16 heavy (non-hydrogen) atoms. The van der Waals surface area contributed by atoms with Crippen molar-refractivity contribution in [2.75, 3.05) is 26.4 Å². The predicted molar refractivity (Wildman–Crippen MR) is 63.2 cm³/mol. The third-order valence-electron chi connectivity index (χ3n) is 2.29. The van der Waals surface area contributed by atoms with Crippen molar-refractivity contribution in [1.29, 1.82) is 0 Å². The molecule has 1 aromatic rings. The van der Waals surface area contributed by atoms with E-state index in [-0.39, 0.29) is 6.61 Å². The van der Waals surface area contributed by atoms with Crippen LogP contribution in [0.1, 0.15) is 17.7 Å². The van der Waals surface area contributed by atoms with Gasteiger partial charge in [0.2, 0.25) is 0 Å². The van der Waals surface area contributed by atoms with Crippen LogP contribution in [-0.4, -0.2) is 36.5 Å². The summed E-state index contributed by atoms with van der Waals surface area (Å²) >= 11 is 0. The zero-order valence-electron chi connectivity index (χ0n) is 9.78. The lowest BCUT2D eigenvalue weighted by atomic mass is 10.2. The van der Waals surface area contributed by atoms with Gasteiger partial charge in [0, 0.05) is 19.3 Å². The number of pyridine rings is 1. The Morgan fingerprint density at radius 3 is 3.06 bits per heavy atom. The van der Waals surface area contributed by atoms with Gasteiger partial charge in [0.25, 0.3) is 0 Å². The van der Waals surface area contributed by atoms with E-state index in [0.29, 0.717) is 13.2 Å². The second kappa shape index (κ2) is 8.21. The van der Waals surface area contributed by atoms with Crippen LogP contribution in [0.25, 0.3) is 0 Å². The molecule has 0 saturated heterocycles. The van der Waals surface area contributed by atoms with Gasteiger partial charge < -0.3 is 15.2 Å². The minimum Gasteiger partial charge on any atom is -0.394 e. The first-order valence-electron chi connectivity index (χ1n) is 5.64. The summed E-state index contributed by atoms with van der Waals surface area (Å²) in [6, 6.07) is 4.01. The van der Waals surface area contributed by atoms with Crippen molar-refractivity contribution in [1.82, 2.24) is 10.3 Å². The highest BCUT2D eigenvalue weighted by Crippen LogP contribution is 2.01. The molecule has 0 aliphatic carbocycles. The summed E-state index contributed by atoms with van der Waals surface area (Å²) in [6.07, 6.45) is 2.76. The Balaban J connectivity index is 2.05. The van der Waals surface area contributed by atoms with E-state index in [9.17, 15) is 0 Å². The molecule has 0 amide bonds. The van der Waals surface area contributed by atoms with Crippen LogP contribution in [0.5, 0.6) is 0 Å². The smallest absolute Gasteiger partial charge is 0.0697 e. The van der Waals surface area contributed by atoms with Gasteiger partial charge in [0.15, 0.2) is 0 Å². The molecule has 0 aliphatic rings. The third kappa shape index (κ3) is 5.21. The molecule has 90 valence electrons. The fourth-order valence-electron chi connectivity index (χ4n) is 1.38. The van der Waals surface area contributed by atoms with E-state index in [4.69, 9.17) is 9.84 Å². The SMILES string of the molecule is Cc1cccnc1CNCCCOCCO. The number of rotatable bonds is 8. The normalized spacial score (nSPS) is 10.6. The maximum Gasteiger partial charge on any atom is 0.0697 e. The number of aromatic nitrogens is 1. The van der Waals surface area contributed by atoms with Gasteiger partial charge in [-0.3, -0.25) is 4.98 Å². The molecule has 0 aliphatic heterocycles. The maximum atomic E-state index is 8.50. The van der Waals surface area contributed by atoms with Crippen LogP contribution >= 0.6 is 0 Å². The van der Waals surface area contributed by atoms with Gasteiger partial charge in [-0.25, -0.2) is 0 Å². The molecule has 0 aromatic carbocycles. The average Bonchev–Trinajstić information content (AvgIpc) is 2.30. The number of aliphatic hydroxyl groups is 1. The summed E-state index contributed by atoms with van der Waals surface area (Å²) in [5, 5.41) is 11.8. The van der Waals surface area contributed by atoms with Crippen LogP contribution in [0.15, 0.2) is 18.3 Å². The Morgan fingerprint density at radius 2 is 2.31 bits per heavy atom. The number of nitrogens with zero attached hydrogens (tertiary/aromatic N) is 1. The lowest BCUT2D eigenvalue weighted by Gasteiger charge is -2.06. The number of hydrogen-bond acceptors (Lipinski definition) is 4. The number of aliphatic hydroxyl groups excluding tert-OH is 1. The van der Waals surface area contributed by atoms with Crippen molar-refractivity contribution in [3.8, 4) is 0 Å². The second-order valence-corrected chi connectivity index (χ2v) is 3.63. The quantitative estimate of drug-likeness (QED) is 0.644. The fourth-order valence-corrected chi connectivity index (χ4v) is 1.38. The minimum absolute atomic E-state index is 0.0978. The van der Waals surface area contributed by atoms with Gasteiger partial charge in [-0.05, 0) is 31.5 Å². The summed E-state index contributed by atoms with van der Waals surface area (Å²) in [5.41, 5.74) is 2.31.